The molecule has 1 atom stereocenters. The van der Waals surface area contributed by atoms with Gasteiger partial charge in [0, 0.05) is 48.6 Å². The lowest BCUT2D eigenvalue weighted by Gasteiger charge is -2.36. The Balaban J connectivity index is 0.000000591. The summed E-state index contributed by atoms with van der Waals surface area (Å²) in [5.74, 6) is -1.29. The smallest absolute Gasteiger partial charge is 0.475 e. The number of hydrogen-bond donors (Lipinski definition) is 2. The molecular formula is C34H42F3N3O5. The highest BCUT2D eigenvalue weighted by Gasteiger charge is 2.38. The maximum atomic E-state index is 13.4. The molecule has 2 saturated heterocycles. The van der Waals surface area contributed by atoms with Gasteiger partial charge in [0.15, 0.2) is 11.6 Å². The van der Waals surface area contributed by atoms with E-state index in [1.165, 1.54) is 19.3 Å². The number of halogens is 3. The zero-order chi connectivity index (χ0) is 32.7. The van der Waals surface area contributed by atoms with Gasteiger partial charge in [-0.1, -0.05) is 69.0 Å². The summed E-state index contributed by atoms with van der Waals surface area (Å²) in [6, 6.07) is 12.5. The molecule has 0 bridgehead atoms. The Morgan fingerprint density at radius 2 is 1.38 bits per heavy atom. The summed E-state index contributed by atoms with van der Waals surface area (Å²) in [6.07, 6.45) is 4.78. The number of carboxylic acids is 1. The number of fused-ring (bicyclic) bond motifs is 2. The Hall–Kier alpha value is -3.73. The SMILES string of the molecule is CCC[C@H](N)C(=O)N1CCC(CCCC2CCN(c3cccc4c3C(=O)c3ccccc3C4=O)CC2)CC1.O=C(O)C(F)(F)F. The van der Waals surface area contributed by atoms with Crippen LogP contribution in [-0.2, 0) is 9.59 Å². The molecule has 3 N–H and O–H groups in total. The van der Waals surface area contributed by atoms with Gasteiger partial charge < -0.3 is 20.6 Å². The molecule has 0 radical (unpaired) electrons. The van der Waals surface area contributed by atoms with Crippen LogP contribution < -0.4 is 10.6 Å². The maximum absolute atomic E-state index is 13.4. The third-order valence-electron chi connectivity index (χ3n) is 9.20. The van der Waals surface area contributed by atoms with Gasteiger partial charge in [-0.05, 0) is 50.0 Å². The zero-order valence-electron chi connectivity index (χ0n) is 25.7. The van der Waals surface area contributed by atoms with Gasteiger partial charge in [-0.3, -0.25) is 14.4 Å². The number of carbonyl (C=O) groups excluding carboxylic acids is 3. The van der Waals surface area contributed by atoms with Crippen molar-refractivity contribution in [2.24, 2.45) is 17.6 Å². The third-order valence-corrected chi connectivity index (χ3v) is 9.20. The van der Waals surface area contributed by atoms with E-state index >= 15 is 0 Å². The van der Waals surface area contributed by atoms with Crippen LogP contribution in [0.2, 0.25) is 0 Å². The number of piperidine rings is 2. The molecule has 8 nitrogen and oxygen atoms in total. The van der Waals surface area contributed by atoms with Gasteiger partial charge >= 0.3 is 12.1 Å². The summed E-state index contributed by atoms with van der Waals surface area (Å²) in [5.41, 5.74) is 9.10. The summed E-state index contributed by atoms with van der Waals surface area (Å²) in [7, 11) is 0. The van der Waals surface area contributed by atoms with Crippen LogP contribution in [0.3, 0.4) is 0 Å². The number of carbonyl (C=O) groups is 4. The van der Waals surface area contributed by atoms with Crippen molar-refractivity contribution in [3.8, 4) is 0 Å². The molecule has 2 aromatic carbocycles. The first-order chi connectivity index (χ1) is 21.4. The first-order valence-electron chi connectivity index (χ1n) is 15.8. The second-order valence-corrected chi connectivity index (χ2v) is 12.2. The number of nitrogens with zero attached hydrogens (tertiary/aromatic N) is 2. The van der Waals surface area contributed by atoms with Crippen molar-refractivity contribution in [1.82, 2.24) is 4.90 Å². The lowest BCUT2D eigenvalue weighted by atomic mass is 9.82. The number of amides is 1. The highest BCUT2D eigenvalue weighted by atomic mass is 19.4. The van der Waals surface area contributed by atoms with E-state index in [-0.39, 0.29) is 23.5 Å². The predicted molar refractivity (Wildman–Crippen MR) is 164 cm³/mol. The van der Waals surface area contributed by atoms with Gasteiger partial charge in [-0.15, -0.1) is 0 Å². The predicted octanol–water partition coefficient (Wildman–Crippen LogP) is 5.85. The van der Waals surface area contributed by atoms with Crippen molar-refractivity contribution in [2.75, 3.05) is 31.1 Å². The number of anilines is 1. The number of alkyl halides is 3. The van der Waals surface area contributed by atoms with Crippen molar-refractivity contribution < 1.29 is 37.5 Å². The Kier molecular flexibility index (Phi) is 11.4. The number of hydrogen-bond acceptors (Lipinski definition) is 6. The summed E-state index contributed by atoms with van der Waals surface area (Å²) in [5, 5.41) is 7.12. The highest BCUT2D eigenvalue weighted by molar-refractivity contribution is 6.30. The Bertz CT molecular complexity index is 1380. The topological polar surface area (TPSA) is 121 Å². The van der Waals surface area contributed by atoms with Crippen molar-refractivity contribution in [1.29, 1.82) is 0 Å². The summed E-state index contributed by atoms with van der Waals surface area (Å²) < 4.78 is 31.7. The lowest BCUT2D eigenvalue weighted by Crippen LogP contribution is -2.47. The van der Waals surface area contributed by atoms with Gasteiger partial charge in [0.25, 0.3) is 0 Å². The number of rotatable bonds is 8. The first-order valence-corrected chi connectivity index (χ1v) is 15.8. The van der Waals surface area contributed by atoms with E-state index < -0.39 is 12.1 Å². The highest BCUT2D eigenvalue weighted by Crippen LogP contribution is 2.36. The van der Waals surface area contributed by atoms with Crippen LogP contribution in [0, 0.1) is 11.8 Å². The van der Waals surface area contributed by atoms with Gasteiger partial charge in [0.2, 0.25) is 5.91 Å². The number of ketones is 2. The molecule has 5 rings (SSSR count). The molecule has 2 heterocycles. The summed E-state index contributed by atoms with van der Waals surface area (Å²) in [6.45, 7) is 5.62. The summed E-state index contributed by atoms with van der Waals surface area (Å²) in [4.78, 5) is 52.1. The Labute approximate surface area is 261 Å². The van der Waals surface area contributed by atoms with Crippen LogP contribution in [0.5, 0.6) is 0 Å². The number of carboxylic acid groups (broad SMARTS) is 1. The fraction of sp³-hybridized carbons (Fsp3) is 0.529. The molecule has 0 spiro atoms. The van der Waals surface area contributed by atoms with E-state index in [1.54, 1.807) is 18.2 Å². The molecule has 1 aliphatic carbocycles. The van der Waals surface area contributed by atoms with E-state index in [0.29, 0.717) is 34.1 Å². The number of benzene rings is 2. The maximum Gasteiger partial charge on any atom is 0.490 e. The molecule has 2 aliphatic heterocycles. The van der Waals surface area contributed by atoms with E-state index in [4.69, 9.17) is 15.6 Å². The van der Waals surface area contributed by atoms with Crippen LogP contribution >= 0.6 is 0 Å². The minimum Gasteiger partial charge on any atom is -0.475 e. The van der Waals surface area contributed by atoms with Gasteiger partial charge in [-0.2, -0.15) is 13.2 Å². The van der Waals surface area contributed by atoms with Crippen molar-refractivity contribution in [3.63, 3.8) is 0 Å². The van der Waals surface area contributed by atoms with Crippen LogP contribution in [0.15, 0.2) is 42.5 Å². The molecule has 11 heteroatoms. The molecule has 0 saturated carbocycles. The number of likely N-dealkylation sites (tertiary alicyclic amines) is 1. The lowest BCUT2D eigenvalue weighted by molar-refractivity contribution is -0.192. The van der Waals surface area contributed by atoms with Crippen LogP contribution in [0.1, 0.15) is 96.6 Å². The van der Waals surface area contributed by atoms with E-state index in [9.17, 15) is 27.6 Å². The Morgan fingerprint density at radius 1 is 0.867 bits per heavy atom. The van der Waals surface area contributed by atoms with Crippen LogP contribution in [0.25, 0.3) is 0 Å². The fourth-order valence-electron chi connectivity index (χ4n) is 6.66. The molecule has 0 unspecified atom stereocenters. The minimum atomic E-state index is -5.08. The van der Waals surface area contributed by atoms with Crippen molar-refractivity contribution in [2.45, 2.75) is 76.9 Å². The number of nitrogens with two attached hydrogens (primary N) is 1. The summed E-state index contributed by atoms with van der Waals surface area (Å²) >= 11 is 0. The normalized spacial score (nSPS) is 18.1. The van der Waals surface area contributed by atoms with Gasteiger partial charge in [0.05, 0.1) is 11.6 Å². The molecule has 2 aromatic rings. The van der Waals surface area contributed by atoms with E-state index in [0.717, 1.165) is 70.4 Å². The van der Waals surface area contributed by atoms with Crippen LogP contribution in [-0.4, -0.2) is 71.8 Å². The number of aliphatic carboxylic acids is 1. The quantitative estimate of drug-likeness (QED) is 0.321. The first kappa shape index (κ1) is 34.1. The minimum absolute atomic E-state index is 0.0342. The molecule has 3 aliphatic rings. The van der Waals surface area contributed by atoms with Crippen molar-refractivity contribution in [3.05, 3.63) is 64.7 Å². The van der Waals surface area contributed by atoms with E-state index in [2.05, 4.69) is 11.8 Å². The molecule has 244 valence electrons. The van der Waals surface area contributed by atoms with Crippen LogP contribution in [0.4, 0.5) is 18.9 Å². The average Bonchev–Trinajstić information content (AvgIpc) is 3.03. The Morgan fingerprint density at radius 3 is 1.91 bits per heavy atom. The molecule has 0 aromatic heterocycles. The van der Waals surface area contributed by atoms with Crippen molar-refractivity contribution >= 4 is 29.1 Å². The van der Waals surface area contributed by atoms with Gasteiger partial charge in [-0.25, -0.2) is 4.79 Å². The molecule has 2 fully saturated rings. The average molecular weight is 630 g/mol. The second kappa shape index (κ2) is 15.0. The fourth-order valence-corrected chi connectivity index (χ4v) is 6.66. The monoisotopic (exact) mass is 629 g/mol. The molecule has 45 heavy (non-hydrogen) atoms. The second-order valence-electron chi connectivity index (χ2n) is 12.2. The molecule has 1 amide bonds. The van der Waals surface area contributed by atoms with E-state index in [1.807, 2.05) is 29.2 Å². The third kappa shape index (κ3) is 8.31. The largest absolute Gasteiger partial charge is 0.490 e. The zero-order valence-corrected chi connectivity index (χ0v) is 25.7. The standard InChI is InChI=1S/C32H41N3O3.C2HF3O2/c1-2-7-27(33)32(38)35-20-16-23(17-21-35)9-5-8-22-14-18-34(19-15-22)28-13-6-12-26-29(28)31(37)25-11-4-3-10-24(25)30(26)36;3-2(4,5)1(6)7/h3-4,6,10-13,22-23,27H,2,5,7-9,14-21,33H2,1H3;(H,6,7)/t27-;/m0./s1. The van der Waals surface area contributed by atoms with Gasteiger partial charge in [0.1, 0.15) is 0 Å². The molecular weight excluding hydrogens is 587 g/mol.